The molecule has 8 fully saturated rings. The van der Waals surface area contributed by atoms with E-state index in [-0.39, 0.29) is 23.2 Å². The molecule has 65 heavy (non-hydrogen) atoms. The van der Waals surface area contributed by atoms with E-state index in [9.17, 15) is 71.2 Å². The molecule has 13 N–H and O–H groups in total. The van der Waals surface area contributed by atoms with Crippen LogP contribution in [0.25, 0.3) is 0 Å². The number of hydrogen-bond acceptors (Lipinski definition) is 22. The van der Waals surface area contributed by atoms with Gasteiger partial charge in [-0.1, -0.05) is 13.0 Å². The van der Waals surface area contributed by atoms with Crippen molar-refractivity contribution in [1.82, 2.24) is 0 Å². The maximum absolute atomic E-state index is 14.1. The average Bonchev–Trinajstić information content (AvgIpc) is 3.49. The van der Waals surface area contributed by atoms with Gasteiger partial charge in [-0.2, -0.15) is 0 Å². The summed E-state index contributed by atoms with van der Waals surface area (Å²) in [5, 5.41) is 137. The molecular formula is C43H68O22. The topological polar surface area (TPSA) is 354 Å². The zero-order valence-electron chi connectivity index (χ0n) is 36.5. The van der Waals surface area contributed by atoms with Crippen LogP contribution in [0.3, 0.4) is 0 Å². The summed E-state index contributed by atoms with van der Waals surface area (Å²) in [6.45, 7) is 5.55. The Morgan fingerprint density at radius 3 is 1.77 bits per heavy atom. The zero-order valence-corrected chi connectivity index (χ0v) is 36.5. The van der Waals surface area contributed by atoms with Gasteiger partial charge >= 0.3 is 5.97 Å². The first-order chi connectivity index (χ1) is 30.7. The molecular weight excluding hydrogens is 868 g/mol. The van der Waals surface area contributed by atoms with Gasteiger partial charge in [0.15, 0.2) is 18.9 Å². The second kappa shape index (κ2) is 19.0. The van der Waals surface area contributed by atoms with E-state index in [4.69, 9.17) is 37.9 Å². The lowest BCUT2D eigenvalue weighted by Crippen LogP contribution is -2.67. The SMILES string of the molecule is C=C1CC23CCC4C(CCCC4(C)C(=O)OC4OC(CO)C(O)C(O)C4O)C2CCC1(OC1OC(CO)C(O)C(OC2OC(CO)C(O)C(O)C2O)C1OC1OC(C)C(O)C(O)C1O)C3. The van der Waals surface area contributed by atoms with Gasteiger partial charge < -0.3 is 104 Å². The zero-order chi connectivity index (χ0) is 47.1. The quantitative estimate of drug-likeness (QED) is 0.0528. The summed E-state index contributed by atoms with van der Waals surface area (Å²) in [6, 6.07) is 0. The molecule has 4 saturated heterocycles. The predicted octanol–water partition coefficient (Wildman–Crippen LogP) is -4.48. The van der Waals surface area contributed by atoms with Crippen LogP contribution in [0.2, 0.25) is 0 Å². The van der Waals surface area contributed by atoms with Crippen LogP contribution in [0.15, 0.2) is 12.2 Å². The average molecular weight is 937 g/mol. The lowest BCUT2D eigenvalue weighted by atomic mass is 9.46. The molecule has 22 nitrogen and oxygen atoms in total. The summed E-state index contributed by atoms with van der Waals surface area (Å²) in [4.78, 5) is 14.1. The lowest BCUT2D eigenvalue weighted by Gasteiger charge is -2.59. The molecule has 0 aromatic carbocycles. The first-order valence-electron chi connectivity index (χ1n) is 22.9. The fourth-order valence-corrected chi connectivity index (χ4v) is 12.7. The summed E-state index contributed by atoms with van der Waals surface area (Å²) >= 11 is 0. The molecule has 372 valence electrons. The number of rotatable bonds is 11. The molecule has 4 aliphatic heterocycles. The molecule has 8 aliphatic rings. The molecule has 4 aliphatic carbocycles. The Bertz CT molecular complexity index is 1690. The van der Waals surface area contributed by atoms with E-state index in [0.717, 1.165) is 12.0 Å². The van der Waals surface area contributed by atoms with Gasteiger partial charge in [0.1, 0.15) is 91.6 Å². The minimum atomic E-state index is -1.92. The van der Waals surface area contributed by atoms with Crippen LogP contribution in [0, 0.1) is 28.6 Å². The highest BCUT2D eigenvalue weighted by molar-refractivity contribution is 5.77. The van der Waals surface area contributed by atoms with Gasteiger partial charge in [0.25, 0.3) is 0 Å². The van der Waals surface area contributed by atoms with Crippen molar-refractivity contribution in [1.29, 1.82) is 0 Å². The third kappa shape index (κ3) is 8.53. The van der Waals surface area contributed by atoms with E-state index in [1.165, 1.54) is 6.92 Å². The second-order valence-electron chi connectivity index (χ2n) is 20.1. The molecule has 4 saturated carbocycles. The van der Waals surface area contributed by atoms with Crippen molar-refractivity contribution in [2.24, 2.45) is 28.6 Å². The number of ether oxygens (including phenoxy) is 8. The van der Waals surface area contributed by atoms with Gasteiger partial charge in [-0.3, -0.25) is 4.79 Å². The van der Waals surface area contributed by atoms with Gasteiger partial charge in [0.05, 0.1) is 36.9 Å². The van der Waals surface area contributed by atoms with Crippen molar-refractivity contribution in [3.05, 3.63) is 12.2 Å². The molecule has 22 heteroatoms. The molecule has 8 rings (SSSR count). The van der Waals surface area contributed by atoms with Crippen LogP contribution < -0.4 is 0 Å². The maximum Gasteiger partial charge on any atom is 0.314 e. The molecule has 0 amide bonds. The molecule has 0 radical (unpaired) electrons. The second-order valence-corrected chi connectivity index (χ2v) is 20.1. The molecule has 26 atom stereocenters. The number of esters is 1. The van der Waals surface area contributed by atoms with Crippen molar-refractivity contribution in [3.63, 3.8) is 0 Å². The molecule has 0 aromatic rings. The van der Waals surface area contributed by atoms with Crippen LogP contribution in [-0.4, -0.2) is 221 Å². The van der Waals surface area contributed by atoms with Gasteiger partial charge in [0, 0.05) is 0 Å². The first kappa shape index (κ1) is 49.8. The van der Waals surface area contributed by atoms with Crippen molar-refractivity contribution >= 4 is 5.97 Å². The summed E-state index contributed by atoms with van der Waals surface area (Å²) in [6.07, 6.45) is -27.1. The van der Waals surface area contributed by atoms with E-state index in [1.807, 2.05) is 6.92 Å². The van der Waals surface area contributed by atoms with Gasteiger partial charge in [-0.25, -0.2) is 0 Å². The Morgan fingerprint density at radius 2 is 1.14 bits per heavy atom. The van der Waals surface area contributed by atoms with Crippen LogP contribution in [0.5, 0.6) is 0 Å². The number of aliphatic hydroxyl groups is 13. The summed E-state index contributed by atoms with van der Waals surface area (Å²) in [7, 11) is 0. The molecule has 0 aromatic heterocycles. The third-order valence-corrected chi connectivity index (χ3v) is 16.4. The Kier molecular flexibility index (Phi) is 14.5. The van der Waals surface area contributed by atoms with E-state index in [0.29, 0.717) is 51.4 Å². The van der Waals surface area contributed by atoms with Crippen LogP contribution in [-0.2, 0) is 42.7 Å². The molecule has 4 heterocycles. The van der Waals surface area contributed by atoms with Gasteiger partial charge in [-0.05, 0) is 94.0 Å². The Labute approximate surface area is 375 Å². The van der Waals surface area contributed by atoms with Crippen molar-refractivity contribution in [3.8, 4) is 0 Å². The minimum Gasteiger partial charge on any atom is -0.432 e. The summed E-state index contributed by atoms with van der Waals surface area (Å²) < 4.78 is 48.3. The van der Waals surface area contributed by atoms with Crippen LogP contribution >= 0.6 is 0 Å². The summed E-state index contributed by atoms with van der Waals surface area (Å²) in [5.74, 6) is -0.571. The third-order valence-electron chi connectivity index (χ3n) is 16.4. The first-order valence-corrected chi connectivity index (χ1v) is 22.9. The molecule has 26 unspecified atom stereocenters. The van der Waals surface area contributed by atoms with Crippen LogP contribution in [0.1, 0.15) is 71.6 Å². The van der Waals surface area contributed by atoms with E-state index in [2.05, 4.69) is 6.58 Å². The predicted molar refractivity (Wildman–Crippen MR) is 213 cm³/mol. The molecule has 1 spiro atoms. The fourth-order valence-electron chi connectivity index (χ4n) is 12.7. The summed E-state index contributed by atoms with van der Waals surface area (Å²) in [5.41, 5.74) is -1.68. The van der Waals surface area contributed by atoms with E-state index < -0.39 is 160 Å². The van der Waals surface area contributed by atoms with E-state index in [1.54, 1.807) is 0 Å². The minimum absolute atomic E-state index is 0.0645. The van der Waals surface area contributed by atoms with Gasteiger partial charge in [0.2, 0.25) is 6.29 Å². The number of aliphatic hydroxyl groups excluding tert-OH is 13. The number of carbonyl (C=O) groups excluding carboxylic acids is 1. The smallest absolute Gasteiger partial charge is 0.314 e. The van der Waals surface area contributed by atoms with Crippen molar-refractivity contribution < 1.29 is 109 Å². The highest BCUT2D eigenvalue weighted by Crippen LogP contribution is 2.70. The van der Waals surface area contributed by atoms with Crippen LogP contribution in [0.4, 0.5) is 0 Å². The van der Waals surface area contributed by atoms with Gasteiger partial charge in [-0.15, -0.1) is 0 Å². The van der Waals surface area contributed by atoms with Crippen molar-refractivity contribution in [2.75, 3.05) is 19.8 Å². The Balaban J connectivity index is 1.04. The monoisotopic (exact) mass is 936 g/mol. The number of carbonyl (C=O) groups is 1. The Morgan fingerprint density at radius 1 is 0.615 bits per heavy atom. The highest BCUT2D eigenvalue weighted by atomic mass is 16.8. The molecule has 2 bridgehead atoms. The number of fused-ring (bicyclic) bond motifs is 3. The fraction of sp³-hybridized carbons (Fsp3) is 0.930. The Hall–Kier alpha value is -1.59. The standard InChI is InChI=1S/C43H68O22/c1-16-11-42-9-6-19-18(5-4-8-41(19,3)40(57)64-38-33(56)30(53)26(49)22(13-45)60-38)20(42)7-10-43(16,15-42)65-39-35(63-36-31(54)28(51)24(47)17(2)58-36)34(27(50)23(14-46)61-39)62-37-32(55)29(52)25(48)21(12-44)59-37/h17-39,44-56H,1,4-15H2,2-3H3. The largest absolute Gasteiger partial charge is 0.432 e. The maximum atomic E-state index is 14.1. The lowest BCUT2D eigenvalue weighted by molar-refractivity contribution is -0.398. The highest BCUT2D eigenvalue weighted by Gasteiger charge is 2.66. The number of hydrogen-bond donors (Lipinski definition) is 13. The normalized spacial score (nSPS) is 54.7. The van der Waals surface area contributed by atoms with Crippen molar-refractivity contribution in [2.45, 2.75) is 200 Å². The van der Waals surface area contributed by atoms with E-state index >= 15 is 0 Å².